The van der Waals surface area contributed by atoms with E-state index in [1.165, 1.54) is 30.2 Å². The number of hydrogen-bond acceptors (Lipinski definition) is 2. The molecule has 3 rings (SSSR count). The highest BCUT2D eigenvalue weighted by molar-refractivity contribution is 5.82. The topological polar surface area (TPSA) is 24.9 Å². The van der Waals surface area contributed by atoms with Crippen LogP contribution in [0.5, 0.6) is 0 Å². The van der Waals surface area contributed by atoms with Gasteiger partial charge in [0, 0.05) is 17.6 Å². The zero-order chi connectivity index (χ0) is 13.2. The van der Waals surface area contributed by atoms with E-state index in [2.05, 4.69) is 48.5 Å². The summed E-state index contributed by atoms with van der Waals surface area (Å²) < 4.78 is 0. The predicted molar refractivity (Wildman–Crippen MR) is 80.0 cm³/mol. The molecule has 3 atom stereocenters. The SMILES string of the molecule is CNC(c1cccc2ncccc12)C1CCC(C)C1. The van der Waals surface area contributed by atoms with Crippen LogP contribution in [0.1, 0.15) is 37.8 Å². The Hall–Kier alpha value is -1.41. The molecule has 1 heterocycles. The summed E-state index contributed by atoms with van der Waals surface area (Å²) in [5, 5.41) is 4.84. The van der Waals surface area contributed by atoms with Gasteiger partial charge in [0.05, 0.1) is 5.52 Å². The maximum absolute atomic E-state index is 4.47. The summed E-state index contributed by atoms with van der Waals surface area (Å²) in [7, 11) is 2.09. The first kappa shape index (κ1) is 12.6. The van der Waals surface area contributed by atoms with Crippen molar-refractivity contribution in [1.29, 1.82) is 0 Å². The zero-order valence-corrected chi connectivity index (χ0v) is 11.8. The molecule has 3 unspecified atom stereocenters. The summed E-state index contributed by atoms with van der Waals surface area (Å²) in [6.07, 6.45) is 5.91. The van der Waals surface area contributed by atoms with Crippen molar-refractivity contribution in [2.45, 2.75) is 32.2 Å². The molecule has 2 heteroatoms. The van der Waals surface area contributed by atoms with Gasteiger partial charge in [0.1, 0.15) is 0 Å². The Morgan fingerprint density at radius 2 is 2.11 bits per heavy atom. The standard InChI is InChI=1S/C17H22N2/c1-12-8-9-13(11-12)17(18-2)15-5-3-7-16-14(15)6-4-10-19-16/h3-7,10,12-13,17-18H,8-9,11H2,1-2H3. The normalized spacial score (nSPS) is 24.7. The van der Waals surface area contributed by atoms with Gasteiger partial charge in [0.15, 0.2) is 0 Å². The molecule has 2 nitrogen and oxygen atoms in total. The van der Waals surface area contributed by atoms with E-state index in [0.29, 0.717) is 6.04 Å². The van der Waals surface area contributed by atoms with E-state index in [4.69, 9.17) is 0 Å². The molecular formula is C17H22N2. The molecule has 0 spiro atoms. The van der Waals surface area contributed by atoms with Crippen LogP contribution in [0.15, 0.2) is 36.5 Å². The first-order valence-electron chi connectivity index (χ1n) is 7.30. The van der Waals surface area contributed by atoms with E-state index in [-0.39, 0.29) is 0 Å². The van der Waals surface area contributed by atoms with E-state index in [9.17, 15) is 0 Å². The van der Waals surface area contributed by atoms with Crippen LogP contribution in [0.25, 0.3) is 10.9 Å². The molecule has 1 aromatic heterocycles. The Morgan fingerprint density at radius 1 is 1.21 bits per heavy atom. The van der Waals surface area contributed by atoms with Crippen LogP contribution >= 0.6 is 0 Å². The van der Waals surface area contributed by atoms with Gasteiger partial charge in [0.25, 0.3) is 0 Å². The van der Waals surface area contributed by atoms with E-state index in [0.717, 1.165) is 17.4 Å². The van der Waals surface area contributed by atoms with Crippen molar-refractivity contribution in [1.82, 2.24) is 10.3 Å². The monoisotopic (exact) mass is 254 g/mol. The molecule has 0 radical (unpaired) electrons. The predicted octanol–water partition coefficient (Wildman–Crippen LogP) is 3.93. The van der Waals surface area contributed by atoms with Gasteiger partial charge >= 0.3 is 0 Å². The summed E-state index contributed by atoms with van der Waals surface area (Å²) in [6.45, 7) is 2.37. The molecular weight excluding hydrogens is 232 g/mol. The first-order chi connectivity index (χ1) is 9.29. The van der Waals surface area contributed by atoms with Crippen LogP contribution in [0.2, 0.25) is 0 Å². The van der Waals surface area contributed by atoms with Gasteiger partial charge in [-0.05, 0) is 49.4 Å². The molecule has 0 saturated heterocycles. The van der Waals surface area contributed by atoms with Crippen molar-refractivity contribution in [3.05, 3.63) is 42.1 Å². The molecule has 1 aromatic carbocycles. The van der Waals surface area contributed by atoms with Crippen molar-refractivity contribution in [2.24, 2.45) is 11.8 Å². The van der Waals surface area contributed by atoms with E-state index in [1.807, 2.05) is 12.3 Å². The third-order valence-corrected chi connectivity index (χ3v) is 4.53. The molecule has 0 bridgehead atoms. The number of benzene rings is 1. The molecule has 0 amide bonds. The highest BCUT2D eigenvalue weighted by atomic mass is 14.9. The van der Waals surface area contributed by atoms with Gasteiger partial charge < -0.3 is 5.32 Å². The minimum atomic E-state index is 0.456. The fraction of sp³-hybridized carbons (Fsp3) is 0.471. The third kappa shape index (κ3) is 2.37. The lowest BCUT2D eigenvalue weighted by Gasteiger charge is -2.25. The Morgan fingerprint density at radius 3 is 2.84 bits per heavy atom. The number of hydrogen-bond donors (Lipinski definition) is 1. The van der Waals surface area contributed by atoms with E-state index >= 15 is 0 Å². The van der Waals surface area contributed by atoms with Crippen molar-refractivity contribution in [3.63, 3.8) is 0 Å². The quantitative estimate of drug-likeness (QED) is 0.897. The Labute approximate surface area is 115 Å². The second kappa shape index (κ2) is 5.30. The molecule has 1 aliphatic rings. The third-order valence-electron chi connectivity index (χ3n) is 4.53. The molecule has 1 fully saturated rings. The Kier molecular flexibility index (Phi) is 3.52. The van der Waals surface area contributed by atoms with Gasteiger partial charge in [-0.25, -0.2) is 0 Å². The Bertz CT molecular complexity index is 559. The van der Waals surface area contributed by atoms with Gasteiger partial charge in [-0.1, -0.05) is 31.5 Å². The second-order valence-corrected chi connectivity index (χ2v) is 5.86. The van der Waals surface area contributed by atoms with Crippen LogP contribution in [0.3, 0.4) is 0 Å². The number of rotatable bonds is 3. The van der Waals surface area contributed by atoms with E-state index in [1.54, 1.807) is 0 Å². The van der Waals surface area contributed by atoms with Crippen LogP contribution in [0.4, 0.5) is 0 Å². The fourth-order valence-electron chi connectivity index (χ4n) is 3.60. The van der Waals surface area contributed by atoms with Crippen LogP contribution in [-0.4, -0.2) is 12.0 Å². The molecule has 1 N–H and O–H groups in total. The summed E-state index contributed by atoms with van der Waals surface area (Å²) in [5.41, 5.74) is 2.51. The van der Waals surface area contributed by atoms with Gasteiger partial charge in [-0.3, -0.25) is 4.98 Å². The second-order valence-electron chi connectivity index (χ2n) is 5.86. The summed E-state index contributed by atoms with van der Waals surface area (Å²) >= 11 is 0. The summed E-state index contributed by atoms with van der Waals surface area (Å²) in [5.74, 6) is 1.62. The molecule has 1 saturated carbocycles. The number of fused-ring (bicyclic) bond motifs is 1. The summed E-state index contributed by atoms with van der Waals surface area (Å²) in [6, 6.07) is 11.2. The van der Waals surface area contributed by atoms with Gasteiger partial charge in [-0.2, -0.15) is 0 Å². The molecule has 100 valence electrons. The number of nitrogens with zero attached hydrogens (tertiary/aromatic N) is 1. The number of aromatic nitrogens is 1. The molecule has 1 aliphatic carbocycles. The highest BCUT2D eigenvalue weighted by Gasteiger charge is 2.29. The van der Waals surface area contributed by atoms with Crippen molar-refractivity contribution in [2.75, 3.05) is 7.05 Å². The van der Waals surface area contributed by atoms with Crippen molar-refractivity contribution >= 4 is 10.9 Å². The first-order valence-corrected chi connectivity index (χ1v) is 7.30. The largest absolute Gasteiger partial charge is 0.313 e. The van der Waals surface area contributed by atoms with Crippen molar-refractivity contribution in [3.8, 4) is 0 Å². The highest BCUT2D eigenvalue weighted by Crippen LogP contribution is 2.40. The maximum atomic E-state index is 4.47. The zero-order valence-electron chi connectivity index (χ0n) is 11.8. The van der Waals surface area contributed by atoms with Crippen LogP contribution < -0.4 is 5.32 Å². The lowest BCUT2D eigenvalue weighted by Crippen LogP contribution is -2.24. The minimum absolute atomic E-state index is 0.456. The molecule has 2 aromatic rings. The van der Waals surface area contributed by atoms with Gasteiger partial charge in [0.2, 0.25) is 0 Å². The smallest absolute Gasteiger partial charge is 0.0705 e. The fourth-order valence-corrected chi connectivity index (χ4v) is 3.60. The summed E-state index contributed by atoms with van der Waals surface area (Å²) in [4.78, 5) is 4.47. The van der Waals surface area contributed by atoms with Crippen molar-refractivity contribution < 1.29 is 0 Å². The Balaban J connectivity index is 2.01. The van der Waals surface area contributed by atoms with Crippen LogP contribution in [-0.2, 0) is 0 Å². The molecule has 19 heavy (non-hydrogen) atoms. The number of nitrogens with one attached hydrogen (secondary N) is 1. The lowest BCUT2D eigenvalue weighted by atomic mass is 9.89. The minimum Gasteiger partial charge on any atom is -0.313 e. The maximum Gasteiger partial charge on any atom is 0.0705 e. The van der Waals surface area contributed by atoms with Crippen LogP contribution in [0, 0.1) is 11.8 Å². The molecule has 0 aliphatic heterocycles. The average molecular weight is 254 g/mol. The average Bonchev–Trinajstić information content (AvgIpc) is 2.86. The van der Waals surface area contributed by atoms with E-state index < -0.39 is 0 Å². The van der Waals surface area contributed by atoms with Gasteiger partial charge in [-0.15, -0.1) is 0 Å². The lowest BCUT2D eigenvalue weighted by molar-refractivity contribution is 0.381. The number of pyridine rings is 1.